The number of halogens is 1. The summed E-state index contributed by atoms with van der Waals surface area (Å²) in [6.45, 7) is 3.63. The summed E-state index contributed by atoms with van der Waals surface area (Å²) in [5, 5.41) is 1.57. The SMILES string of the molecule is COC(=O)C1=CCCCC1S(=O)(=O)Nc1ccc(CNC(=O)C(C)C)cc1F. The van der Waals surface area contributed by atoms with Gasteiger partial charge in [0.25, 0.3) is 0 Å². The zero-order chi connectivity index (χ0) is 20.9. The second kappa shape index (κ2) is 9.18. The van der Waals surface area contributed by atoms with Crippen LogP contribution in [0.25, 0.3) is 0 Å². The van der Waals surface area contributed by atoms with Crippen LogP contribution in [0.3, 0.4) is 0 Å². The van der Waals surface area contributed by atoms with E-state index >= 15 is 0 Å². The van der Waals surface area contributed by atoms with Crippen molar-refractivity contribution in [2.24, 2.45) is 5.92 Å². The maximum Gasteiger partial charge on any atom is 0.334 e. The molecule has 9 heteroatoms. The predicted molar refractivity (Wildman–Crippen MR) is 103 cm³/mol. The number of benzene rings is 1. The Balaban J connectivity index is 2.15. The standard InChI is InChI=1S/C19H25FN2O5S/c1-12(2)18(23)21-11-13-8-9-16(15(20)10-13)22-28(25,26)17-7-5-4-6-14(17)19(24)27-3/h6,8-10,12,17,22H,4-5,7,11H2,1-3H3,(H,21,23). The van der Waals surface area contributed by atoms with Gasteiger partial charge in [-0.1, -0.05) is 26.0 Å². The van der Waals surface area contributed by atoms with Crippen molar-refractivity contribution >= 4 is 27.6 Å². The second-order valence-corrected chi connectivity index (χ2v) is 8.77. The fourth-order valence-electron chi connectivity index (χ4n) is 2.87. The highest BCUT2D eigenvalue weighted by Gasteiger charge is 2.35. The van der Waals surface area contributed by atoms with Crippen LogP contribution in [0.15, 0.2) is 29.8 Å². The quantitative estimate of drug-likeness (QED) is 0.670. The Kier molecular flexibility index (Phi) is 7.17. The molecule has 0 aliphatic heterocycles. The monoisotopic (exact) mass is 412 g/mol. The van der Waals surface area contributed by atoms with Crippen LogP contribution in [-0.2, 0) is 30.9 Å². The molecule has 154 valence electrons. The number of sulfonamides is 1. The smallest absolute Gasteiger partial charge is 0.334 e. The summed E-state index contributed by atoms with van der Waals surface area (Å²) >= 11 is 0. The molecule has 1 atom stereocenters. The Hall–Kier alpha value is -2.42. The molecule has 1 aliphatic rings. The maximum atomic E-state index is 14.4. The number of esters is 1. The molecule has 1 aromatic carbocycles. The van der Waals surface area contributed by atoms with Gasteiger partial charge in [-0.3, -0.25) is 9.52 Å². The number of anilines is 1. The molecule has 0 aromatic heterocycles. The fraction of sp³-hybridized carbons (Fsp3) is 0.474. The van der Waals surface area contributed by atoms with E-state index in [1.807, 2.05) is 0 Å². The highest BCUT2D eigenvalue weighted by molar-refractivity contribution is 7.93. The number of ether oxygens (including phenoxy) is 1. The molecular weight excluding hydrogens is 387 g/mol. The van der Waals surface area contributed by atoms with Gasteiger partial charge in [0.05, 0.1) is 18.4 Å². The summed E-state index contributed by atoms with van der Waals surface area (Å²) in [5.74, 6) is -1.82. The fourth-order valence-corrected chi connectivity index (χ4v) is 4.49. The van der Waals surface area contributed by atoms with Crippen molar-refractivity contribution in [3.05, 3.63) is 41.2 Å². The summed E-state index contributed by atoms with van der Waals surface area (Å²) < 4.78 is 46.8. The number of allylic oxidation sites excluding steroid dienone is 1. The van der Waals surface area contributed by atoms with Crippen molar-refractivity contribution in [3.8, 4) is 0 Å². The molecule has 0 spiro atoms. The van der Waals surface area contributed by atoms with E-state index in [1.165, 1.54) is 19.2 Å². The first kappa shape index (κ1) is 21.9. The van der Waals surface area contributed by atoms with Crippen molar-refractivity contribution in [2.75, 3.05) is 11.8 Å². The minimum Gasteiger partial charge on any atom is -0.466 e. The van der Waals surface area contributed by atoms with Crippen LogP contribution in [-0.4, -0.2) is 32.7 Å². The molecule has 28 heavy (non-hydrogen) atoms. The lowest BCUT2D eigenvalue weighted by atomic mass is 9.99. The van der Waals surface area contributed by atoms with Crippen molar-refractivity contribution in [1.82, 2.24) is 5.32 Å². The van der Waals surface area contributed by atoms with Crippen LogP contribution in [0.1, 0.15) is 38.7 Å². The number of amides is 1. The normalized spacial score (nSPS) is 17.0. The van der Waals surface area contributed by atoms with Crippen molar-refractivity contribution in [2.45, 2.75) is 44.9 Å². The molecule has 0 heterocycles. The van der Waals surface area contributed by atoms with E-state index in [9.17, 15) is 22.4 Å². The topological polar surface area (TPSA) is 102 Å². The van der Waals surface area contributed by atoms with Crippen LogP contribution >= 0.6 is 0 Å². The third-order valence-electron chi connectivity index (χ3n) is 4.45. The number of carbonyl (C=O) groups excluding carboxylic acids is 2. The van der Waals surface area contributed by atoms with Gasteiger partial charge < -0.3 is 10.1 Å². The van der Waals surface area contributed by atoms with Gasteiger partial charge in [-0.15, -0.1) is 0 Å². The molecule has 1 aliphatic carbocycles. The number of rotatable bonds is 7. The third-order valence-corrected chi connectivity index (χ3v) is 6.20. The van der Waals surface area contributed by atoms with Gasteiger partial charge in [0, 0.05) is 12.5 Å². The van der Waals surface area contributed by atoms with Crippen LogP contribution in [0, 0.1) is 11.7 Å². The maximum absolute atomic E-state index is 14.4. The molecule has 1 amide bonds. The first-order valence-electron chi connectivity index (χ1n) is 9.02. The Labute approximate surface area is 164 Å². The molecule has 1 aromatic rings. The Morgan fingerprint density at radius 2 is 2.04 bits per heavy atom. The van der Waals surface area contributed by atoms with Crippen LogP contribution in [0.5, 0.6) is 0 Å². The average molecular weight is 412 g/mol. The van der Waals surface area contributed by atoms with E-state index in [0.29, 0.717) is 18.4 Å². The average Bonchev–Trinajstić information content (AvgIpc) is 2.67. The van der Waals surface area contributed by atoms with Crippen LogP contribution in [0.2, 0.25) is 0 Å². The predicted octanol–water partition coefficient (Wildman–Crippen LogP) is 2.49. The Bertz CT molecular complexity index is 880. The molecule has 0 bridgehead atoms. The van der Waals surface area contributed by atoms with Gasteiger partial charge in [0.2, 0.25) is 15.9 Å². The molecule has 0 saturated heterocycles. The van der Waals surface area contributed by atoms with Crippen LogP contribution in [0.4, 0.5) is 10.1 Å². The molecule has 0 radical (unpaired) electrons. The van der Waals surface area contributed by atoms with Gasteiger partial charge in [-0.05, 0) is 37.0 Å². The summed E-state index contributed by atoms with van der Waals surface area (Å²) in [7, 11) is -2.86. The van der Waals surface area contributed by atoms with Crippen molar-refractivity contribution in [3.63, 3.8) is 0 Å². The molecule has 1 unspecified atom stereocenters. The zero-order valence-electron chi connectivity index (χ0n) is 16.1. The molecule has 2 rings (SSSR count). The number of methoxy groups -OCH3 is 1. The van der Waals surface area contributed by atoms with Gasteiger partial charge in [0.1, 0.15) is 11.1 Å². The second-order valence-electron chi connectivity index (χ2n) is 6.90. The highest BCUT2D eigenvalue weighted by atomic mass is 32.2. The van der Waals surface area contributed by atoms with Crippen molar-refractivity contribution in [1.29, 1.82) is 0 Å². The van der Waals surface area contributed by atoms with Gasteiger partial charge in [-0.2, -0.15) is 0 Å². The van der Waals surface area contributed by atoms with E-state index in [-0.39, 0.29) is 36.1 Å². The van der Waals surface area contributed by atoms with Gasteiger partial charge in [0.15, 0.2) is 0 Å². The summed E-state index contributed by atoms with van der Waals surface area (Å²) in [5.41, 5.74) is 0.352. The molecule has 7 nitrogen and oxygen atoms in total. The van der Waals surface area contributed by atoms with E-state index in [0.717, 1.165) is 6.07 Å². The molecule has 2 N–H and O–H groups in total. The van der Waals surface area contributed by atoms with E-state index in [1.54, 1.807) is 19.9 Å². The van der Waals surface area contributed by atoms with Crippen molar-refractivity contribution < 1.29 is 27.1 Å². The minimum absolute atomic E-state index is 0.0645. The number of nitrogens with one attached hydrogen (secondary N) is 2. The first-order chi connectivity index (χ1) is 13.2. The lowest BCUT2D eigenvalue weighted by Gasteiger charge is -2.23. The first-order valence-corrected chi connectivity index (χ1v) is 10.6. The molecular formula is C19H25FN2O5S. The third kappa shape index (κ3) is 5.31. The molecule has 0 fully saturated rings. The Morgan fingerprint density at radius 3 is 2.64 bits per heavy atom. The van der Waals surface area contributed by atoms with Gasteiger partial charge in [-0.25, -0.2) is 17.6 Å². The summed E-state index contributed by atoms with van der Waals surface area (Å²) in [4.78, 5) is 23.5. The van der Waals surface area contributed by atoms with E-state index in [4.69, 9.17) is 0 Å². The highest BCUT2D eigenvalue weighted by Crippen LogP contribution is 2.28. The lowest BCUT2D eigenvalue weighted by Crippen LogP contribution is -2.34. The number of carbonyl (C=O) groups is 2. The zero-order valence-corrected chi connectivity index (χ0v) is 16.9. The van der Waals surface area contributed by atoms with E-state index in [2.05, 4.69) is 14.8 Å². The Morgan fingerprint density at radius 1 is 1.32 bits per heavy atom. The minimum atomic E-state index is -4.04. The number of hydrogen-bond acceptors (Lipinski definition) is 5. The number of hydrogen-bond donors (Lipinski definition) is 2. The summed E-state index contributed by atoms with van der Waals surface area (Å²) in [6.07, 6.45) is 2.98. The lowest BCUT2D eigenvalue weighted by molar-refractivity contribution is -0.136. The van der Waals surface area contributed by atoms with E-state index < -0.39 is 27.1 Å². The largest absolute Gasteiger partial charge is 0.466 e. The van der Waals surface area contributed by atoms with Gasteiger partial charge >= 0.3 is 5.97 Å². The summed E-state index contributed by atoms with van der Waals surface area (Å²) in [6, 6.07) is 3.99. The van der Waals surface area contributed by atoms with Crippen LogP contribution < -0.4 is 10.0 Å². The molecule has 0 saturated carbocycles.